The van der Waals surface area contributed by atoms with Crippen LogP contribution >= 0.6 is 0 Å². The molecule has 0 aliphatic carbocycles. The third-order valence-electron chi connectivity index (χ3n) is 4.73. The number of carbonyl (C=O) groups is 2. The number of rotatable bonds is 6. The molecule has 1 aromatic heterocycles. The summed E-state index contributed by atoms with van der Waals surface area (Å²) in [5, 5.41) is 20.0. The lowest BCUT2D eigenvalue weighted by atomic mass is 10.1. The summed E-state index contributed by atoms with van der Waals surface area (Å²) in [6.07, 6.45) is 3.18. The molecule has 1 aliphatic heterocycles. The molecule has 8 nitrogen and oxygen atoms in total. The second-order valence-electron chi connectivity index (χ2n) is 6.79. The molecule has 0 radical (unpaired) electrons. The van der Waals surface area contributed by atoms with Crippen LogP contribution in [0.25, 0.3) is 23.1 Å². The van der Waals surface area contributed by atoms with Crippen molar-refractivity contribution in [3.8, 4) is 11.3 Å². The fourth-order valence-corrected chi connectivity index (χ4v) is 3.28. The maximum atomic E-state index is 12.8. The first-order chi connectivity index (χ1) is 14.9. The number of nitro groups is 1. The van der Waals surface area contributed by atoms with Gasteiger partial charge in [0, 0.05) is 23.3 Å². The summed E-state index contributed by atoms with van der Waals surface area (Å²) < 4.78 is 5.78. The molecule has 8 heteroatoms. The summed E-state index contributed by atoms with van der Waals surface area (Å²) in [7, 11) is 0. The number of nitro benzene ring substituents is 1. The Bertz CT molecular complexity index is 1220. The summed E-state index contributed by atoms with van der Waals surface area (Å²) in [5.41, 5.74) is 2.16. The van der Waals surface area contributed by atoms with Crippen LogP contribution in [0.1, 0.15) is 11.3 Å². The van der Waals surface area contributed by atoms with Crippen LogP contribution in [-0.2, 0) is 9.59 Å². The van der Waals surface area contributed by atoms with Gasteiger partial charge in [-0.1, -0.05) is 30.3 Å². The standard InChI is InChI=1S/C23H16N2O6/c26-22(27)14-24-20(15-4-2-1-3-5-15)13-17(23(24)28)12-19-10-11-21(31-19)16-6-8-18(9-7-16)25(29)30/h1-13H,14H2,(H,26,27). The molecule has 0 unspecified atom stereocenters. The average molecular weight is 416 g/mol. The number of amides is 1. The Morgan fingerprint density at radius 2 is 1.74 bits per heavy atom. The maximum absolute atomic E-state index is 12.8. The third kappa shape index (κ3) is 4.13. The number of non-ortho nitro benzene ring substituents is 1. The van der Waals surface area contributed by atoms with Crippen molar-refractivity contribution in [3.05, 3.63) is 99.8 Å². The normalized spacial score (nSPS) is 14.7. The van der Waals surface area contributed by atoms with Gasteiger partial charge in [0.05, 0.1) is 10.6 Å². The Morgan fingerprint density at radius 1 is 1.03 bits per heavy atom. The summed E-state index contributed by atoms with van der Waals surface area (Å²) in [6, 6.07) is 18.4. The summed E-state index contributed by atoms with van der Waals surface area (Å²) in [6.45, 7) is -0.455. The molecule has 0 fully saturated rings. The van der Waals surface area contributed by atoms with Crippen LogP contribution in [0.4, 0.5) is 5.69 Å². The lowest BCUT2D eigenvalue weighted by molar-refractivity contribution is -0.384. The summed E-state index contributed by atoms with van der Waals surface area (Å²) in [5.74, 6) is -0.663. The number of carboxylic acids is 1. The number of nitrogens with zero attached hydrogens (tertiary/aromatic N) is 2. The SMILES string of the molecule is O=C(O)CN1C(=O)C(=Cc2ccc(-c3ccc([N+](=O)[O-])cc3)o2)C=C1c1ccccc1. The number of carbonyl (C=O) groups excluding carboxylic acids is 1. The maximum Gasteiger partial charge on any atom is 0.323 e. The van der Waals surface area contributed by atoms with Gasteiger partial charge in [0.1, 0.15) is 18.1 Å². The van der Waals surface area contributed by atoms with Crippen LogP contribution < -0.4 is 0 Å². The molecule has 0 atom stereocenters. The molecule has 2 aromatic carbocycles. The van der Waals surface area contributed by atoms with Crippen LogP contribution in [0, 0.1) is 10.1 Å². The molecule has 3 aromatic rings. The quantitative estimate of drug-likeness (QED) is 0.366. The highest BCUT2D eigenvalue weighted by Gasteiger charge is 2.30. The van der Waals surface area contributed by atoms with E-state index in [-0.39, 0.29) is 5.69 Å². The molecule has 1 amide bonds. The fourth-order valence-electron chi connectivity index (χ4n) is 3.28. The Morgan fingerprint density at radius 3 is 2.39 bits per heavy atom. The van der Waals surface area contributed by atoms with Gasteiger partial charge in [-0.3, -0.25) is 24.6 Å². The third-order valence-corrected chi connectivity index (χ3v) is 4.73. The molecule has 154 valence electrons. The highest BCUT2D eigenvalue weighted by atomic mass is 16.6. The first-order valence-electron chi connectivity index (χ1n) is 9.29. The van der Waals surface area contributed by atoms with E-state index in [4.69, 9.17) is 4.42 Å². The number of hydrogen-bond acceptors (Lipinski definition) is 5. The van der Waals surface area contributed by atoms with Gasteiger partial charge >= 0.3 is 5.97 Å². The van der Waals surface area contributed by atoms with E-state index in [9.17, 15) is 24.8 Å². The van der Waals surface area contributed by atoms with Crippen molar-refractivity contribution in [2.75, 3.05) is 6.54 Å². The summed E-state index contributed by atoms with van der Waals surface area (Å²) >= 11 is 0. The molecule has 0 saturated heterocycles. The first kappa shape index (κ1) is 19.8. The zero-order chi connectivity index (χ0) is 22.0. The smallest absolute Gasteiger partial charge is 0.323 e. The molecule has 1 N–H and O–H groups in total. The van der Waals surface area contributed by atoms with E-state index in [0.717, 1.165) is 5.56 Å². The lowest BCUT2D eigenvalue weighted by Crippen LogP contribution is -2.31. The predicted molar refractivity (Wildman–Crippen MR) is 113 cm³/mol. The van der Waals surface area contributed by atoms with Gasteiger partial charge < -0.3 is 9.52 Å². The van der Waals surface area contributed by atoms with Gasteiger partial charge in [-0.05, 0) is 42.0 Å². The Labute approximate surface area is 176 Å². The number of furan rings is 1. The number of benzene rings is 2. The van der Waals surface area contributed by atoms with Gasteiger partial charge in [0.25, 0.3) is 11.6 Å². The highest BCUT2D eigenvalue weighted by Crippen LogP contribution is 2.31. The topological polar surface area (TPSA) is 114 Å². The molecule has 1 aliphatic rings. The van der Waals surface area contributed by atoms with Crippen molar-refractivity contribution < 1.29 is 24.0 Å². The van der Waals surface area contributed by atoms with Crippen molar-refractivity contribution in [3.63, 3.8) is 0 Å². The molecule has 0 bridgehead atoms. The molecule has 0 spiro atoms. The Balaban J connectivity index is 1.65. The highest BCUT2D eigenvalue weighted by molar-refractivity contribution is 6.11. The number of hydrogen-bond donors (Lipinski definition) is 1. The van der Waals surface area contributed by atoms with Crippen LogP contribution in [0.15, 0.2) is 82.8 Å². The van der Waals surface area contributed by atoms with Crippen molar-refractivity contribution in [1.29, 1.82) is 0 Å². The van der Waals surface area contributed by atoms with Crippen molar-refractivity contribution in [2.24, 2.45) is 0 Å². The minimum absolute atomic E-state index is 0.0219. The van der Waals surface area contributed by atoms with E-state index < -0.39 is 23.3 Å². The first-order valence-corrected chi connectivity index (χ1v) is 9.29. The molecule has 31 heavy (non-hydrogen) atoms. The number of carboxylic acid groups (broad SMARTS) is 1. The summed E-state index contributed by atoms with van der Waals surface area (Å²) in [4.78, 5) is 35.6. The molecular formula is C23H16N2O6. The number of aliphatic carboxylic acids is 1. The van der Waals surface area contributed by atoms with Crippen LogP contribution in [-0.4, -0.2) is 33.4 Å². The van der Waals surface area contributed by atoms with E-state index in [1.165, 1.54) is 17.0 Å². The van der Waals surface area contributed by atoms with Crippen molar-refractivity contribution in [1.82, 2.24) is 4.90 Å². The van der Waals surface area contributed by atoms with E-state index >= 15 is 0 Å². The molecule has 2 heterocycles. The van der Waals surface area contributed by atoms with E-state index in [1.54, 1.807) is 48.6 Å². The van der Waals surface area contributed by atoms with Crippen molar-refractivity contribution >= 4 is 29.3 Å². The monoisotopic (exact) mass is 416 g/mol. The fraction of sp³-hybridized carbons (Fsp3) is 0.0435. The zero-order valence-corrected chi connectivity index (χ0v) is 16.1. The Kier molecular flexibility index (Phi) is 5.19. The minimum Gasteiger partial charge on any atom is -0.480 e. The van der Waals surface area contributed by atoms with E-state index in [1.807, 2.05) is 18.2 Å². The lowest BCUT2D eigenvalue weighted by Gasteiger charge is -2.18. The second kappa shape index (κ2) is 8.11. The Hall–Kier alpha value is -4.46. The van der Waals surface area contributed by atoms with Crippen LogP contribution in [0.5, 0.6) is 0 Å². The largest absolute Gasteiger partial charge is 0.480 e. The minimum atomic E-state index is -1.12. The van der Waals surface area contributed by atoms with E-state index in [2.05, 4.69) is 0 Å². The average Bonchev–Trinajstić information content (AvgIpc) is 3.35. The van der Waals surface area contributed by atoms with Gasteiger partial charge in [-0.15, -0.1) is 0 Å². The predicted octanol–water partition coefficient (Wildman–Crippen LogP) is 4.21. The van der Waals surface area contributed by atoms with Gasteiger partial charge in [-0.25, -0.2) is 0 Å². The van der Waals surface area contributed by atoms with Gasteiger partial charge in [-0.2, -0.15) is 0 Å². The zero-order valence-electron chi connectivity index (χ0n) is 16.1. The van der Waals surface area contributed by atoms with Crippen LogP contribution in [0.3, 0.4) is 0 Å². The van der Waals surface area contributed by atoms with Crippen molar-refractivity contribution in [2.45, 2.75) is 0 Å². The molecule has 4 rings (SSSR count). The van der Waals surface area contributed by atoms with Gasteiger partial charge in [0.15, 0.2) is 0 Å². The molecular weight excluding hydrogens is 400 g/mol. The second-order valence-corrected chi connectivity index (χ2v) is 6.79. The van der Waals surface area contributed by atoms with Gasteiger partial charge in [0.2, 0.25) is 0 Å². The van der Waals surface area contributed by atoms with Crippen LogP contribution in [0.2, 0.25) is 0 Å². The van der Waals surface area contributed by atoms with E-state index in [0.29, 0.717) is 28.4 Å². The molecule has 0 saturated carbocycles.